The van der Waals surface area contributed by atoms with E-state index in [2.05, 4.69) is 74.3 Å². The number of aryl methyl sites for hydroxylation is 1. The molecule has 0 aromatic heterocycles. The summed E-state index contributed by atoms with van der Waals surface area (Å²) in [5.74, 6) is -0.591. The minimum atomic E-state index is -0.295. The fourth-order valence-corrected chi connectivity index (χ4v) is 1.87. The molecule has 0 fully saturated rings. The molecular weight excluding hydrogens is 464 g/mol. The summed E-state index contributed by atoms with van der Waals surface area (Å²) in [5, 5.41) is 0. The molecule has 6 heteroatoms. The summed E-state index contributed by atoms with van der Waals surface area (Å²) in [6.07, 6.45) is 0. The van der Waals surface area contributed by atoms with Gasteiger partial charge in [0.1, 0.15) is 26.3 Å². The number of hydrogen-bond acceptors (Lipinski definition) is 4. The lowest BCUT2D eigenvalue weighted by Crippen LogP contribution is -2.42. The van der Waals surface area contributed by atoms with E-state index in [0.29, 0.717) is 24.4 Å². The van der Waals surface area contributed by atoms with Crippen molar-refractivity contribution in [3.05, 3.63) is 60.2 Å². The fourth-order valence-electron chi connectivity index (χ4n) is 1.87. The molecule has 0 atom stereocenters. The van der Waals surface area contributed by atoms with Crippen LogP contribution in [0.3, 0.4) is 0 Å². The molecule has 0 radical (unpaired) electrons. The molecule has 1 aromatic rings. The summed E-state index contributed by atoms with van der Waals surface area (Å²) < 4.78 is 11.7. The van der Waals surface area contributed by atoms with Gasteiger partial charge < -0.3 is 18.4 Å². The van der Waals surface area contributed by atoms with Crippen LogP contribution in [0, 0.1) is 6.92 Å². The van der Waals surface area contributed by atoms with Gasteiger partial charge in [-0.3, -0.25) is 0 Å². The normalized spacial score (nSPS) is 9.76. The Bertz CT molecular complexity index is 682. The molecular formula is C31H60N2O4+2. The van der Waals surface area contributed by atoms with Gasteiger partial charge in [0.05, 0.1) is 41.3 Å². The summed E-state index contributed by atoms with van der Waals surface area (Å²) in [4.78, 5) is 22.0. The van der Waals surface area contributed by atoms with Crippen molar-refractivity contribution in [1.29, 1.82) is 0 Å². The highest BCUT2D eigenvalue weighted by atomic mass is 16.5. The Morgan fingerprint density at radius 3 is 1.19 bits per heavy atom. The van der Waals surface area contributed by atoms with Gasteiger partial charge in [-0.05, 0) is 34.6 Å². The third-order valence-electron chi connectivity index (χ3n) is 5.21. The quantitative estimate of drug-likeness (QED) is 0.200. The second-order valence-electron chi connectivity index (χ2n) is 9.44. The fraction of sp³-hybridized carbons (Fsp3) is 0.613. The van der Waals surface area contributed by atoms with Crippen molar-refractivity contribution in [2.75, 3.05) is 67.6 Å². The lowest BCUT2D eigenvalue weighted by atomic mass is 10.2. The van der Waals surface area contributed by atoms with Gasteiger partial charge in [-0.1, -0.05) is 76.7 Å². The van der Waals surface area contributed by atoms with E-state index in [4.69, 9.17) is 9.47 Å². The molecule has 0 spiro atoms. The first-order chi connectivity index (χ1) is 17.2. The molecule has 0 N–H and O–H groups in total. The maximum atomic E-state index is 11.0. The third kappa shape index (κ3) is 29.7. The van der Waals surface area contributed by atoms with Crippen LogP contribution in [0.25, 0.3) is 0 Å². The number of carbonyl (C=O) groups is 2. The second-order valence-corrected chi connectivity index (χ2v) is 9.44. The first-order valence-electron chi connectivity index (χ1n) is 13.5. The Morgan fingerprint density at radius 1 is 0.703 bits per heavy atom. The van der Waals surface area contributed by atoms with Crippen molar-refractivity contribution in [2.45, 2.75) is 62.3 Å². The molecule has 6 nitrogen and oxygen atoms in total. The molecule has 0 saturated carbocycles. The Morgan fingerprint density at radius 2 is 1.00 bits per heavy atom. The standard InChI is InChI=1S/2C10H20NO2.C7H8.2C2H6/c2*1-6-11(4,5)7-8-13-10(12)9(2)3;1-7-5-3-2-4-6-7;2*1-2/h2*2,6-8H2,1,3-5H3;2-6H,1H3;2*1-2H3/q2*+1;;;. The summed E-state index contributed by atoms with van der Waals surface area (Å²) in [6, 6.07) is 10.3. The molecule has 0 heterocycles. The van der Waals surface area contributed by atoms with E-state index in [9.17, 15) is 9.59 Å². The topological polar surface area (TPSA) is 52.6 Å². The summed E-state index contributed by atoms with van der Waals surface area (Å²) >= 11 is 0. The molecule has 0 amide bonds. The average molecular weight is 525 g/mol. The van der Waals surface area contributed by atoms with Gasteiger partial charge in [0, 0.05) is 11.1 Å². The SMILES string of the molecule is C=C(C)C(=O)OCC[N+](C)(C)CC.C=C(C)C(=O)OCC[N+](C)(C)CC.CC.CC.Cc1ccccc1. The number of esters is 2. The van der Waals surface area contributed by atoms with Crippen LogP contribution in [0.2, 0.25) is 0 Å². The van der Waals surface area contributed by atoms with Crippen LogP contribution < -0.4 is 0 Å². The maximum absolute atomic E-state index is 11.0. The Balaban J connectivity index is -0.000000213. The van der Waals surface area contributed by atoms with Crippen LogP contribution >= 0.6 is 0 Å². The Hall–Kier alpha value is -2.44. The van der Waals surface area contributed by atoms with Gasteiger partial charge in [-0.15, -0.1) is 0 Å². The molecule has 1 aromatic carbocycles. The summed E-state index contributed by atoms with van der Waals surface area (Å²) in [6.45, 7) is 29.3. The number of ether oxygens (including phenoxy) is 2. The van der Waals surface area contributed by atoms with Gasteiger partial charge >= 0.3 is 11.9 Å². The van der Waals surface area contributed by atoms with E-state index in [0.717, 1.165) is 35.1 Å². The van der Waals surface area contributed by atoms with Crippen LogP contribution in [-0.2, 0) is 19.1 Å². The van der Waals surface area contributed by atoms with Crippen LogP contribution in [0.5, 0.6) is 0 Å². The number of carbonyl (C=O) groups excluding carboxylic acids is 2. The Labute approximate surface area is 230 Å². The van der Waals surface area contributed by atoms with Crippen molar-refractivity contribution < 1.29 is 28.0 Å². The minimum Gasteiger partial charge on any atom is -0.456 e. The predicted octanol–water partition coefficient (Wildman–Crippen LogP) is 6.45. The number of likely N-dealkylation sites (N-methyl/N-ethyl adjacent to an activating group) is 2. The molecule has 216 valence electrons. The predicted molar refractivity (Wildman–Crippen MR) is 160 cm³/mol. The monoisotopic (exact) mass is 524 g/mol. The molecule has 0 saturated heterocycles. The van der Waals surface area contributed by atoms with E-state index in [-0.39, 0.29) is 11.9 Å². The molecule has 37 heavy (non-hydrogen) atoms. The molecule has 0 unspecified atom stereocenters. The lowest BCUT2D eigenvalue weighted by Gasteiger charge is -2.27. The van der Waals surface area contributed by atoms with E-state index in [1.165, 1.54) is 5.56 Å². The van der Waals surface area contributed by atoms with Crippen molar-refractivity contribution in [1.82, 2.24) is 0 Å². The smallest absolute Gasteiger partial charge is 0.333 e. The Kier molecular flexibility index (Phi) is 28.4. The molecule has 1 rings (SSSR count). The highest BCUT2D eigenvalue weighted by molar-refractivity contribution is 5.87. The van der Waals surface area contributed by atoms with Crippen LogP contribution in [0.4, 0.5) is 0 Å². The summed E-state index contributed by atoms with van der Waals surface area (Å²) in [5.41, 5.74) is 2.24. The number of rotatable bonds is 10. The first-order valence-corrected chi connectivity index (χ1v) is 13.5. The van der Waals surface area contributed by atoms with E-state index < -0.39 is 0 Å². The second kappa shape index (κ2) is 25.2. The highest BCUT2D eigenvalue weighted by Crippen LogP contribution is 1.98. The van der Waals surface area contributed by atoms with Crippen molar-refractivity contribution in [2.24, 2.45) is 0 Å². The zero-order valence-corrected chi connectivity index (χ0v) is 26.6. The number of hydrogen-bond donors (Lipinski definition) is 0. The van der Waals surface area contributed by atoms with Gasteiger partial charge in [-0.25, -0.2) is 9.59 Å². The molecule has 0 aliphatic heterocycles. The van der Waals surface area contributed by atoms with Crippen molar-refractivity contribution in [3.63, 3.8) is 0 Å². The third-order valence-corrected chi connectivity index (χ3v) is 5.21. The van der Waals surface area contributed by atoms with E-state index >= 15 is 0 Å². The zero-order valence-electron chi connectivity index (χ0n) is 26.6. The van der Waals surface area contributed by atoms with E-state index in [1.54, 1.807) is 13.8 Å². The van der Waals surface area contributed by atoms with Crippen LogP contribution in [0.15, 0.2) is 54.6 Å². The van der Waals surface area contributed by atoms with Crippen LogP contribution in [-0.4, -0.2) is 88.5 Å². The van der Waals surface area contributed by atoms with Crippen LogP contribution in [0.1, 0.15) is 61.0 Å². The van der Waals surface area contributed by atoms with E-state index in [1.807, 2.05) is 45.9 Å². The summed E-state index contributed by atoms with van der Waals surface area (Å²) in [7, 11) is 8.42. The first kappa shape index (κ1) is 41.7. The van der Waals surface area contributed by atoms with Gasteiger partial charge in [0.2, 0.25) is 0 Å². The zero-order chi connectivity index (χ0) is 30.1. The highest BCUT2D eigenvalue weighted by Gasteiger charge is 2.13. The average Bonchev–Trinajstić information content (AvgIpc) is 2.87. The largest absolute Gasteiger partial charge is 0.456 e. The van der Waals surface area contributed by atoms with Gasteiger partial charge in [0.15, 0.2) is 0 Å². The van der Waals surface area contributed by atoms with Crippen molar-refractivity contribution >= 4 is 11.9 Å². The number of quaternary nitrogens is 2. The lowest BCUT2D eigenvalue weighted by molar-refractivity contribution is -0.888. The van der Waals surface area contributed by atoms with Gasteiger partial charge in [-0.2, -0.15) is 0 Å². The molecule has 0 aliphatic rings. The number of nitrogens with zero attached hydrogens (tertiary/aromatic N) is 2. The maximum Gasteiger partial charge on any atom is 0.333 e. The minimum absolute atomic E-state index is 0.295. The number of benzene rings is 1. The van der Waals surface area contributed by atoms with Crippen molar-refractivity contribution in [3.8, 4) is 0 Å². The molecule has 0 aliphatic carbocycles. The van der Waals surface area contributed by atoms with Gasteiger partial charge in [0.25, 0.3) is 0 Å². The molecule has 0 bridgehead atoms.